The van der Waals surface area contributed by atoms with Gasteiger partial charge in [-0.2, -0.15) is 0 Å². The van der Waals surface area contributed by atoms with Gasteiger partial charge in [-0.05, 0) is 24.8 Å². The Morgan fingerprint density at radius 1 is 1.33 bits per heavy atom. The van der Waals surface area contributed by atoms with Crippen LogP contribution in [0.5, 0.6) is 0 Å². The Balaban J connectivity index is 1.68. The molecule has 1 aliphatic carbocycles. The molecule has 0 atom stereocenters. The van der Waals surface area contributed by atoms with Crippen molar-refractivity contribution in [3.05, 3.63) is 18.6 Å². The first-order valence-corrected chi connectivity index (χ1v) is 6.47. The highest BCUT2D eigenvalue weighted by Gasteiger charge is 2.51. The maximum atomic E-state index is 6.39. The van der Waals surface area contributed by atoms with Gasteiger partial charge in [0.05, 0.1) is 17.4 Å². The third-order valence-electron chi connectivity index (χ3n) is 4.28. The third kappa shape index (κ3) is 1.31. The molecule has 2 fully saturated rings. The first kappa shape index (κ1) is 10.3. The zero-order valence-corrected chi connectivity index (χ0v) is 10.5. The lowest BCUT2D eigenvalue weighted by Gasteiger charge is -2.48. The Labute approximate surface area is 106 Å². The van der Waals surface area contributed by atoms with E-state index in [-0.39, 0.29) is 5.54 Å². The molecule has 5 heteroatoms. The van der Waals surface area contributed by atoms with Crippen molar-refractivity contribution in [2.75, 3.05) is 18.0 Å². The molecule has 0 aromatic carbocycles. The van der Waals surface area contributed by atoms with Gasteiger partial charge in [0.25, 0.3) is 0 Å². The van der Waals surface area contributed by atoms with E-state index in [1.54, 1.807) is 0 Å². The van der Waals surface area contributed by atoms with Gasteiger partial charge in [-0.15, -0.1) is 0 Å². The van der Waals surface area contributed by atoms with Crippen molar-refractivity contribution in [3.63, 3.8) is 0 Å². The fourth-order valence-corrected chi connectivity index (χ4v) is 3.01. The summed E-state index contributed by atoms with van der Waals surface area (Å²) < 4.78 is 2.02. The van der Waals surface area contributed by atoms with Crippen molar-refractivity contribution in [2.24, 2.45) is 18.7 Å². The summed E-state index contributed by atoms with van der Waals surface area (Å²) in [7, 11) is 2.01. The second-order valence-corrected chi connectivity index (χ2v) is 5.72. The molecule has 5 nitrogen and oxygen atoms in total. The second-order valence-electron chi connectivity index (χ2n) is 5.72. The minimum atomic E-state index is 0.0264. The Morgan fingerprint density at radius 3 is 2.83 bits per heavy atom. The monoisotopic (exact) mass is 243 g/mol. The van der Waals surface area contributed by atoms with Gasteiger partial charge in [-0.3, -0.25) is 0 Å². The number of hydrogen-bond acceptors (Lipinski definition) is 4. The van der Waals surface area contributed by atoms with Crippen LogP contribution in [0.2, 0.25) is 0 Å². The molecule has 1 saturated carbocycles. The lowest BCUT2D eigenvalue weighted by Crippen LogP contribution is -2.69. The minimum absolute atomic E-state index is 0.0264. The molecule has 0 spiro atoms. The van der Waals surface area contributed by atoms with E-state index >= 15 is 0 Å². The molecule has 2 aromatic heterocycles. The number of nitrogens with two attached hydrogens (primary N) is 1. The molecule has 2 aromatic rings. The SMILES string of the molecule is Cn1cnc2c(N3CC(N)(C4CC4)C3)nccc21. The van der Waals surface area contributed by atoms with Crippen LogP contribution in [0.25, 0.3) is 11.0 Å². The standard InChI is InChI=1S/C13H17N5/c1-17-8-16-11-10(17)4-5-15-12(11)18-6-13(14,7-18)9-2-3-9/h4-5,8-9H,2-3,6-7,14H2,1H3. The Hall–Kier alpha value is -1.62. The molecule has 18 heavy (non-hydrogen) atoms. The van der Waals surface area contributed by atoms with E-state index in [1.807, 2.05) is 30.2 Å². The highest BCUT2D eigenvalue weighted by molar-refractivity contribution is 5.86. The molecule has 3 heterocycles. The fourth-order valence-electron chi connectivity index (χ4n) is 3.01. The average molecular weight is 243 g/mol. The summed E-state index contributed by atoms with van der Waals surface area (Å²) in [5, 5.41) is 0. The van der Waals surface area contributed by atoms with Gasteiger partial charge in [0, 0.05) is 26.3 Å². The van der Waals surface area contributed by atoms with Crippen LogP contribution in [-0.4, -0.2) is 33.2 Å². The summed E-state index contributed by atoms with van der Waals surface area (Å²) >= 11 is 0. The van der Waals surface area contributed by atoms with Crippen molar-refractivity contribution in [1.29, 1.82) is 0 Å². The maximum Gasteiger partial charge on any atom is 0.156 e. The summed E-state index contributed by atoms with van der Waals surface area (Å²) in [5.74, 6) is 1.71. The van der Waals surface area contributed by atoms with E-state index in [0.717, 1.165) is 35.9 Å². The predicted octanol–water partition coefficient (Wildman–Crippen LogP) is 0.896. The van der Waals surface area contributed by atoms with E-state index in [0.29, 0.717) is 0 Å². The molecule has 0 amide bonds. The van der Waals surface area contributed by atoms with Gasteiger partial charge in [0.15, 0.2) is 5.82 Å². The number of fused-ring (bicyclic) bond motifs is 1. The van der Waals surface area contributed by atoms with Crippen LogP contribution < -0.4 is 10.6 Å². The number of rotatable bonds is 2. The second kappa shape index (κ2) is 3.23. The number of aromatic nitrogens is 3. The minimum Gasteiger partial charge on any atom is -0.351 e. The normalized spacial score (nSPS) is 22.2. The van der Waals surface area contributed by atoms with Crippen LogP contribution in [0.3, 0.4) is 0 Å². The van der Waals surface area contributed by atoms with Gasteiger partial charge in [0.1, 0.15) is 5.52 Å². The molecule has 0 radical (unpaired) electrons. The number of pyridine rings is 1. The van der Waals surface area contributed by atoms with E-state index in [9.17, 15) is 0 Å². The van der Waals surface area contributed by atoms with Crippen LogP contribution in [0, 0.1) is 5.92 Å². The number of hydrogen-bond donors (Lipinski definition) is 1. The van der Waals surface area contributed by atoms with Crippen molar-refractivity contribution < 1.29 is 0 Å². The lowest BCUT2D eigenvalue weighted by atomic mass is 9.86. The van der Waals surface area contributed by atoms with Gasteiger partial charge in [0.2, 0.25) is 0 Å². The molecule has 2 aliphatic rings. The Morgan fingerprint density at radius 2 is 2.11 bits per heavy atom. The maximum absolute atomic E-state index is 6.39. The number of aryl methyl sites for hydroxylation is 1. The van der Waals surface area contributed by atoms with Gasteiger partial charge >= 0.3 is 0 Å². The molecule has 1 aliphatic heterocycles. The largest absolute Gasteiger partial charge is 0.351 e. The number of imidazole rings is 1. The predicted molar refractivity (Wildman–Crippen MR) is 70.4 cm³/mol. The molecule has 0 unspecified atom stereocenters. The quantitative estimate of drug-likeness (QED) is 0.851. The van der Waals surface area contributed by atoms with Crippen LogP contribution in [0.4, 0.5) is 5.82 Å². The highest BCUT2D eigenvalue weighted by Crippen LogP contribution is 2.44. The van der Waals surface area contributed by atoms with Crippen molar-refractivity contribution in [1.82, 2.24) is 14.5 Å². The summed E-state index contributed by atoms with van der Waals surface area (Å²) in [5.41, 5.74) is 8.53. The lowest BCUT2D eigenvalue weighted by molar-refractivity contribution is 0.290. The number of anilines is 1. The van der Waals surface area contributed by atoms with Crippen molar-refractivity contribution >= 4 is 16.9 Å². The van der Waals surface area contributed by atoms with Gasteiger partial charge < -0.3 is 15.2 Å². The Kier molecular flexibility index (Phi) is 1.85. The first-order chi connectivity index (χ1) is 8.67. The van der Waals surface area contributed by atoms with E-state index < -0.39 is 0 Å². The van der Waals surface area contributed by atoms with Crippen LogP contribution in [0.15, 0.2) is 18.6 Å². The molecule has 4 rings (SSSR count). The average Bonchev–Trinajstić information content (AvgIpc) is 3.11. The zero-order chi connectivity index (χ0) is 12.3. The zero-order valence-electron chi connectivity index (χ0n) is 10.5. The van der Waals surface area contributed by atoms with Crippen LogP contribution in [-0.2, 0) is 7.05 Å². The van der Waals surface area contributed by atoms with Gasteiger partial charge in [-0.25, -0.2) is 9.97 Å². The molecule has 1 saturated heterocycles. The number of nitrogens with zero attached hydrogens (tertiary/aromatic N) is 4. The summed E-state index contributed by atoms with van der Waals surface area (Å²) in [4.78, 5) is 11.2. The third-order valence-corrected chi connectivity index (χ3v) is 4.28. The molecule has 2 N–H and O–H groups in total. The summed E-state index contributed by atoms with van der Waals surface area (Å²) in [6.45, 7) is 1.83. The molecule has 94 valence electrons. The van der Waals surface area contributed by atoms with Crippen LogP contribution >= 0.6 is 0 Å². The Bertz CT molecular complexity index is 607. The van der Waals surface area contributed by atoms with Crippen molar-refractivity contribution in [3.8, 4) is 0 Å². The molecular formula is C13H17N5. The van der Waals surface area contributed by atoms with E-state index in [1.165, 1.54) is 12.8 Å². The first-order valence-electron chi connectivity index (χ1n) is 6.47. The summed E-state index contributed by atoms with van der Waals surface area (Å²) in [6, 6.07) is 2.00. The highest BCUT2D eigenvalue weighted by atomic mass is 15.3. The summed E-state index contributed by atoms with van der Waals surface area (Å²) in [6.07, 6.45) is 6.29. The van der Waals surface area contributed by atoms with E-state index in [4.69, 9.17) is 5.73 Å². The topological polar surface area (TPSA) is 60.0 Å². The van der Waals surface area contributed by atoms with Gasteiger partial charge in [-0.1, -0.05) is 0 Å². The van der Waals surface area contributed by atoms with E-state index in [2.05, 4.69) is 14.9 Å². The van der Waals surface area contributed by atoms with Crippen LogP contribution in [0.1, 0.15) is 12.8 Å². The van der Waals surface area contributed by atoms with Crippen molar-refractivity contribution in [2.45, 2.75) is 18.4 Å². The molecule has 0 bridgehead atoms. The smallest absolute Gasteiger partial charge is 0.156 e. The molecular weight excluding hydrogens is 226 g/mol. The fraction of sp³-hybridized carbons (Fsp3) is 0.538.